The fourth-order valence-electron chi connectivity index (χ4n) is 1.50. The summed E-state index contributed by atoms with van der Waals surface area (Å²) in [6, 6.07) is 7.37. The third kappa shape index (κ3) is 4.19. The molecule has 0 saturated heterocycles. The van der Waals surface area contributed by atoms with E-state index >= 15 is 0 Å². The molecule has 0 atom stereocenters. The second-order valence-corrected chi connectivity index (χ2v) is 5.40. The van der Waals surface area contributed by atoms with Gasteiger partial charge in [0.1, 0.15) is 0 Å². The van der Waals surface area contributed by atoms with Gasteiger partial charge in [0.25, 0.3) is 0 Å². The SMILES string of the molecule is Cc1nc(CNC(=O)/C=C/c2ccccc2Cl)cs1. The molecular weight excluding hydrogens is 280 g/mol. The van der Waals surface area contributed by atoms with Gasteiger partial charge in [-0.1, -0.05) is 29.8 Å². The summed E-state index contributed by atoms with van der Waals surface area (Å²) in [7, 11) is 0. The summed E-state index contributed by atoms with van der Waals surface area (Å²) >= 11 is 7.56. The molecule has 2 aromatic rings. The molecule has 19 heavy (non-hydrogen) atoms. The molecule has 0 unspecified atom stereocenters. The lowest BCUT2D eigenvalue weighted by molar-refractivity contribution is -0.116. The number of carbonyl (C=O) groups is 1. The molecular formula is C14H13ClN2OS. The zero-order chi connectivity index (χ0) is 13.7. The molecule has 3 nitrogen and oxygen atoms in total. The zero-order valence-corrected chi connectivity index (χ0v) is 12.0. The van der Waals surface area contributed by atoms with Gasteiger partial charge < -0.3 is 5.32 Å². The van der Waals surface area contributed by atoms with Gasteiger partial charge in [-0.2, -0.15) is 0 Å². The molecule has 98 valence electrons. The van der Waals surface area contributed by atoms with E-state index in [1.165, 1.54) is 6.08 Å². The highest BCUT2D eigenvalue weighted by molar-refractivity contribution is 7.09. The number of hydrogen-bond acceptors (Lipinski definition) is 3. The van der Waals surface area contributed by atoms with E-state index in [2.05, 4.69) is 10.3 Å². The maximum atomic E-state index is 11.6. The first kappa shape index (κ1) is 13.8. The highest BCUT2D eigenvalue weighted by Crippen LogP contribution is 2.16. The molecule has 1 amide bonds. The molecule has 5 heteroatoms. The van der Waals surface area contributed by atoms with E-state index in [-0.39, 0.29) is 5.91 Å². The molecule has 0 spiro atoms. The van der Waals surface area contributed by atoms with Crippen molar-refractivity contribution < 1.29 is 4.79 Å². The Morgan fingerprint density at radius 1 is 1.47 bits per heavy atom. The number of amides is 1. The quantitative estimate of drug-likeness (QED) is 0.877. The van der Waals surface area contributed by atoms with Crippen LogP contribution in [0, 0.1) is 6.92 Å². The molecule has 1 aromatic heterocycles. The first-order valence-corrected chi connectivity index (χ1v) is 7.02. The van der Waals surface area contributed by atoms with E-state index in [9.17, 15) is 4.79 Å². The number of carbonyl (C=O) groups excluding carboxylic acids is 1. The van der Waals surface area contributed by atoms with Crippen molar-refractivity contribution >= 4 is 34.9 Å². The molecule has 0 fully saturated rings. The van der Waals surface area contributed by atoms with E-state index in [0.29, 0.717) is 11.6 Å². The number of aryl methyl sites for hydroxylation is 1. The topological polar surface area (TPSA) is 42.0 Å². The van der Waals surface area contributed by atoms with Crippen LogP contribution in [0.3, 0.4) is 0 Å². The van der Waals surface area contributed by atoms with Crippen molar-refractivity contribution in [2.75, 3.05) is 0 Å². The minimum absolute atomic E-state index is 0.162. The third-order valence-corrected chi connectivity index (χ3v) is 3.60. The largest absolute Gasteiger partial charge is 0.347 e. The van der Waals surface area contributed by atoms with Crippen LogP contribution >= 0.6 is 22.9 Å². The molecule has 0 aliphatic rings. The Balaban J connectivity index is 1.89. The number of thiazole rings is 1. The van der Waals surface area contributed by atoms with Gasteiger partial charge in [0.15, 0.2) is 0 Å². The maximum Gasteiger partial charge on any atom is 0.244 e. The second kappa shape index (κ2) is 6.50. The summed E-state index contributed by atoms with van der Waals surface area (Å²) in [4.78, 5) is 15.9. The number of hydrogen-bond donors (Lipinski definition) is 1. The predicted octanol–water partition coefficient (Wildman–Crippen LogP) is 3.43. The van der Waals surface area contributed by atoms with Gasteiger partial charge in [0.05, 0.1) is 17.2 Å². The van der Waals surface area contributed by atoms with E-state index in [4.69, 9.17) is 11.6 Å². The van der Waals surface area contributed by atoms with Crippen LogP contribution in [-0.2, 0) is 11.3 Å². The van der Waals surface area contributed by atoms with Crippen LogP contribution in [-0.4, -0.2) is 10.9 Å². The Kier molecular flexibility index (Phi) is 4.71. The normalized spacial score (nSPS) is 10.8. The van der Waals surface area contributed by atoms with Crippen molar-refractivity contribution in [3.8, 4) is 0 Å². The molecule has 2 rings (SSSR count). The van der Waals surface area contributed by atoms with Crippen molar-refractivity contribution in [3.05, 3.63) is 57.0 Å². The molecule has 1 aromatic carbocycles. The summed E-state index contributed by atoms with van der Waals surface area (Å²) in [5.41, 5.74) is 1.70. The predicted molar refractivity (Wildman–Crippen MR) is 79.2 cm³/mol. The summed E-state index contributed by atoms with van der Waals surface area (Å²) < 4.78 is 0. The Morgan fingerprint density at radius 3 is 2.95 bits per heavy atom. The van der Waals surface area contributed by atoms with Gasteiger partial charge in [0.2, 0.25) is 5.91 Å². The van der Waals surface area contributed by atoms with Crippen LogP contribution in [0.2, 0.25) is 5.02 Å². The van der Waals surface area contributed by atoms with E-state index in [0.717, 1.165) is 16.3 Å². The first-order valence-electron chi connectivity index (χ1n) is 5.76. The Morgan fingerprint density at radius 2 is 2.26 bits per heavy atom. The Labute approximate surface area is 120 Å². The molecule has 0 aliphatic heterocycles. The zero-order valence-electron chi connectivity index (χ0n) is 10.4. The molecule has 1 N–H and O–H groups in total. The van der Waals surface area contributed by atoms with Crippen molar-refractivity contribution in [3.63, 3.8) is 0 Å². The molecule has 0 bridgehead atoms. The van der Waals surface area contributed by atoms with E-state index < -0.39 is 0 Å². The van der Waals surface area contributed by atoms with Gasteiger partial charge in [-0.05, 0) is 24.6 Å². The average molecular weight is 293 g/mol. The van der Waals surface area contributed by atoms with Crippen LogP contribution in [0.25, 0.3) is 6.08 Å². The van der Waals surface area contributed by atoms with Crippen molar-refractivity contribution in [2.24, 2.45) is 0 Å². The number of nitrogens with zero attached hydrogens (tertiary/aromatic N) is 1. The lowest BCUT2D eigenvalue weighted by atomic mass is 10.2. The lowest BCUT2D eigenvalue weighted by Crippen LogP contribution is -2.20. The van der Waals surface area contributed by atoms with Gasteiger partial charge in [-0.3, -0.25) is 4.79 Å². The van der Waals surface area contributed by atoms with Gasteiger partial charge >= 0.3 is 0 Å². The standard InChI is InChI=1S/C14H13ClN2OS/c1-10-17-12(9-19-10)8-16-14(18)7-6-11-4-2-3-5-13(11)15/h2-7,9H,8H2,1H3,(H,16,18)/b7-6+. The molecule has 0 radical (unpaired) electrons. The van der Waals surface area contributed by atoms with Crippen LogP contribution in [0.5, 0.6) is 0 Å². The third-order valence-electron chi connectivity index (χ3n) is 2.43. The Hall–Kier alpha value is -1.65. The van der Waals surface area contributed by atoms with E-state index in [1.807, 2.05) is 30.5 Å². The summed E-state index contributed by atoms with van der Waals surface area (Å²) in [5, 5.41) is 6.34. The number of nitrogens with one attached hydrogen (secondary N) is 1. The van der Waals surface area contributed by atoms with Crippen LogP contribution < -0.4 is 5.32 Å². The smallest absolute Gasteiger partial charge is 0.244 e. The van der Waals surface area contributed by atoms with Gasteiger partial charge in [-0.15, -0.1) is 11.3 Å². The average Bonchev–Trinajstić information content (AvgIpc) is 2.81. The fourth-order valence-corrected chi connectivity index (χ4v) is 2.31. The van der Waals surface area contributed by atoms with Crippen molar-refractivity contribution in [2.45, 2.75) is 13.5 Å². The molecule has 0 saturated carbocycles. The fraction of sp³-hybridized carbons (Fsp3) is 0.143. The maximum absolute atomic E-state index is 11.6. The number of halogens is 1. The molecule has 1 heterocycles. The minimum atomic E-state index is -0.162. The minimum Gasteiger partial charge on any atom is -0.347 e. The lowest BCUT2D eigenvalue weighted by Gasteiger charge is -1.99. The molecule has 0 aliphatic carbocycles. The van der Waals surface area contributed by atoms with E-state index in [1.54, 1.807) is 23.5 Å². The van der Waals surface area contributed by atoms with Crippen LogP contribution in [0.15, 0.2) is 35.7 Å². The number of rotatable bonds is 4. The highest BCUT2D eigenvalue weighted by atomic mass is 35.5. The summed E-state index contributed by atoms with van der Waals surface area (Å²) in [6.45, 7) is 2.38. The summed E-state index contributed by atoms with van der Waals surface area (Å²) in [6.07, 6.45) is 3.17. The van der Waals surface area contributed by atoms with Crippen molar-refractivity contribution in [1.29, 1.82) is 0 Å². The Bertz CT molecular complexity index is 607. The first-order chi connectivity index (χ1) is 9.15. The van der Waals surface area contributed by atoms with Crippen LogP contribution in [0.4, 0.5) is 0 Å². The second-order valence-electron chi connectivity index (χ2n) is 3.93. The van der Waals surface area contributed by atoms with Gasteiger partial charge in [0, 0.05) is 16.5 Å². The van der Waals surface area contributed by atoms with Gasteiger partial charge in [-0.25, -0.2) is 4.98 Å². The van der Waals surface area contributed by atoms with Crippen molar-refractivity contribution in [1.82, 2.24) is 10.3 Å². The highest BCUT2D eigenvalue weighted by Gasteiger charge is 2.00. The number of benzene rings is 1. The monoisotopic (exact) mass is 292 g/mol. The number of aromatic nitrogens is 1. The summed E-state index contributed by atoms with van der Waals surface area (Å²) in [5.74, 6) is -0.162. The van der Waals surface area contributed by atoms with Crippen LogP contribution in [0.1, 0.15) is 16.3 Å².